The van der Waals surface area contributed by atoms with Gasteiger partial charge in [0.15, 0.2) is 11.5 Å². The zero-order valence-corrected chi connectivity index (χ0v) is 19.0. The van der Waals surface area contributed by atoms with Gasteiger partial charge in [0.2, 0.25) is 6.10 Å². The Hall–Kier alpha value is -2.30. The largest absolute Gasteiger partial charge is 0.504 e. The third-order valence-corrected chi connectivity index (χ3v) is 5.63. The maximum absolute atomic E-state index is 12.7. The first kappa shape index (κ1) is 21.4. The van der Waals surface area contributed by atoms with Gasteiger partial charge in [-0.2, -0.15) is 5.26 Å². The standard InChI is InChI=1S/C22H19Br2NO4/c1-22(2)15(11-18(23)24)19(22)21(27)29-17(12-25)14-9-6-10-16(20(14)26)28-13-7-4-3-5-8-13/h3-11,15,17,19,26H,1-2H3/t15-,17+,19-/m0/s1. The highest BCUT2D eigenvalue weighted by Gasteiger charge is 2.61. The number of allylic oxidation sites excluding steroid dienone is 1. The van der Waals surface area contributed by atoms with E-state index in [0.29, 0.717) is 5.75 Å². The van der Waals surface area contributed by atoms with E-state index in [4.69, 9.17) is 9.47 Å². The molecule has 150 valence electrons. The average molecular weight is 521 g/mol. The second-order valence-electron chi connectivity index (χ2n) is 7.34. The molecule has 1 N–H and O–H groups in total. The van der Waals surface area contributed by atoms with Gasteiger partial charge in [0.25, 0.3) is 0 Å². The highest BCUT2D eigenvalue weighted by Crippen LogP contribution is 2.60. The first-order chi connectivity index (χ1) is 13.8. The van der Waals surface area contributed by atoms with E-state index in [1.54, 1.807) is 30.3 Å². The van der Waals surface area contributed by atoms with E-state index < -0.39 is 12.1 Å². The molecule has 5 nitrogen and oxygen atoms in total. The number of ether oxygens (including phenoxy) is 2. The molecule has 0 aliphatic heterocycles. The van der Waals surface area contributed by atoms with Crippen LogP contribution in [0.1, 0.15) is 25.5 Å². The number of hydrogen-bond acceptors (Lipinski definition) is 5. The summed E-state index contributed by atoms with van der Waals surface area (Å²) in [6, 6.07) is 15.7. The summed E-state index contributed by atoms with van der Waals surface area (Å²) in [4.78, 5) is 12.7. The fraction of sp³-hybridized carbons (Fsp3) is 0.273. The number of halogens is 2. The first-order valence-corrected chi connectivity index (χ1v) is 10.5. The summed E-state index contributed by atoms with van der Waals surface area (Å²) in [5.74, 6) is -0.358. The maximum Gasteiger partial charge on any atom is 0.311 e. The molecule has 0 spiro atoms. The minimum atomic E-state index is -1.24. The SMILES string of the molecule is CC1(C)[C@H](C(=O)O[C@H](C#N)c2cccc(Oc3ccccc3)c2O)[C@@H]1C=C(Br)Br. The lowest BCUT2D eigenvalue weighted by Crippen LogP contribution is -2.14. The Kier molecular flexibility index (Phi) is 6.35. The number of nitriles is 1. The fourth-order valence-electron chi connectivity index (χ4n) is 3.37. The van der Waals surface area contributed by atoms with Crippen LogP contribution in [0.2, 0.25) is 0 Å². The Labute approximate surface area is 186 Å². The van der Waals surface area contributed by atoms with Crippen LogP contribution in [-0.4, -0.2) is 11.1 Å². The number of carbonyl (C=O) groups is 1. The third-order valence-electron chi connectivity index (χ3n) is 5.11. The normalized spacial score (nSPS) is 20.1. The molecule has 7 heteroatoms. The van der Waals surface area contributed by atoms with Gasteiger partial charge in [0, 0.05) is 0 Å². The molecule has 1 aliphatic rings. The number of phenols is 1. The Morgan fingerprint density at radius 2 is 1.90 bits per heavy atom. The van der Waals surface area contributed by atoms with Crippen molar-refractivity contribution in [2.45, 2.75) is 20.0 Å². The molecule has 0 aromatic heterocycles. The summed E-state index contributed by atoms with van der Waals surface area (Å²) >= 11 is 6.63. The van der Waals surface area contributed by atoms with Crippen molar-refractivity contribution in [3.05, 3.63) is 63.6 Å². The summed E-state index contributed by atoms with van der Waals surface area (Å²) in [7, 11) is 0. The Balaban J connectivity index is 1.79. The van der Waals surface area contributed by atoms with E-state index in [2.05, 4.69) is 31.9 Å². The molecule has 0 radical (unpaired) electrons. The monoisotopic (exact) mass is 519 g/mol. The molecule has 2 aromatic rings. The minimum Gasteiger partial charge on any atom is -0.504 e. The molecule has 0 amide bonds. The van der Waals surface area contributed by atoms with Crippen LogP contribution in [0, 0.1) is 28.6 Å². The van der Waals surface area contributed by atoms with Crippen molar-refractivity contribution in [1.29, 1.82) is 5.26 Å². The van der Waals surface area contributed by atoms with Crippen LogP contribution >= 0.6 is 31.9 Å². The van der Waals surface area contributed by atoms with Gasteiger partial charge in [-0.05, 0) is 61.4 Å². The van der Waals surface area contributed by atoms with Gasteiger partial charge in [0.05, 0.1) is 14.9 Å². The van der Waals surface area contributed by atoms with Crippen LogP contribution in [0.4, 0.5) is 0 Å². The van der Waals surface area contributed by atoms with Crippen molar-refractivity contribution in [1.82, 2.24) is 0 Å². The van der Waals surface area contributed by atoms with Crippen molar-refractivity contribution in [3.8, 4) is 23.3 Å². The lowest BCUT2D eigenvalue weighted by atomic mass is 10.1. The summed E-state index contributed by atoms with van der Waals surface area (Å²) in [5, 5.41) is 20.2. The van der Waals surface area contributed by atoms with Crippen molar-refractivity contribution < 1.29 is 19.4 Å². The van der Waals surface area contributed by atoms with E-state index in [-0.39, 0.29) is 34.3 Å². The van der Waals surface area contributed by atoms with Crippen molar-refractivity contribution in [3.63, 3.8) is 0 Å². The second-order valence-corrected chi connectivity index (χ2v) is 10.1. The van der Waals surface area contributed by atoms with Gasteiger partial charge in [-0.15, -0.1) is 0 Å². The maximum atomic E-state index is 12.7. The van der Waals surface area contributed by atoms with Gasteiger partial charge >= 0.3 is 5.97 Å². The fourth-order valence-corrected chi connectivity index (χ4v) is 3.94. The van der Waals surface area contributed by atoms with Gasteiger partial charge < -0.3 is 14.6 Å². The molecule has 3 atom stereocenters. The van der Waals surface area contributed by atoms with E-state index in [1.165, 1.54) is 0 Å². The van der Waals surface area contributed by atoms with Gasteiger partial charge in [-0.25, -0.2) is 0 Å². The van der Waals surface area contributed by atoms with Crippen LogP contribution < -0.4 is 4.74 Å². The lowest BCUT2D eigenvalue weighted by molar-refractivity contribution is -0.149. The Morgan fingerprint density at radius 3 is 2.52 bits per heavy atom. The van der Waals surface area contributed by atoms with Gasteiger partial charge in [0.1, 0.15) is 11.8 Å². The van der Waals surface area contributed by atoms with Crippen LogP contribution in [0.5, 0.6) is 17.2 Å². The zero-order valence-electron chi connectivity index (χ0n) is 15.8. The zero-order chi connectivity index (χ0) is 21.2. The van der Waals surface area contributed by atoms with Gasteiger partial charge in [-0.1, -0.05) is 50.3 Å². The molecule has 0 unspecified atom stereocenters. The molecule has 29 heavy (non-hydrogen) atoms. The Bertz CT molecular complexity index is 978. The van der Waals surface area contributed by atoms with Crippen molar-refractivity contribution in [2.75, 3.05) is 0 Å². The number of carbonyl (C=O) groups excluding carboxylic acids is 1. The first-order valence-electron chi connectivity index (χ1n) is 8.93. The second kappa shape index (κ2) is 8.60. The summed E-state index contributed by atoms with van der Waals surface area (Å²) in [5.41, 5.74) is -0.0917. The highest BCUT2D eigenvalue weighted by molar-refractivity contribution is 9.28. The number of phenolic OH excluding ortho intramolecular Hbond substituents is 1. The molecule has 1 fully saturated rings. The summed E-state index contributed by atoms with van der Waals surface area (Å²) in [6.45, 7) is 3.94. The molecule has 1 aliphatic carbocycles. The van der Waals surface area contributed by atoms with Crippen LogP contribution in [0.3, 0.4) is 0 Å². The average Bonchev–Trinajstić information content (AvgIpc) is 3.21. The topological polar surface area (TPSA) is 79.6 Å². The molecule has 0 bridgehead atoms. The highest BCUT2D eigenvalue weighted by atomic mass is 79.9. The number of aromatic hydroxyl groups is 1. The smallest absolute Gasteiger partial charge is 0.311 e. The number of hydrogen-bond donors (Lipinski definition) is 1. The molecule has 0 saturated heterocycles. The van der Waals surface area contributed by atoms with Crippen LogP contribution in [-0.2, 0) is 9.53 Å². The minimum absolute atomic E-state index is 0.00978. The molecular formula is C22H19Br2NO4. The molecular weight excluding hydrogens is 502 g/mol. The van der Waals surface area contributed by atoms with Crippen LogP contribution in [0.25, 0.3) is 0 Å². The van der Waals surface area contributed by atoms with Crippen molar-refractivity contribution in [2.24, 2.45) is 17.3 Å². The number of nitrogens with zero attached hydrogens (tertiary/aromatic N) is 1. The van der Waals surface area contributed by atoms with E-state index in [9.17, 15) is 15.2 Å². The van der Waals surface area contributed by atoms with Gasteiger partial charge in [-0.3, -0.25) is 4.79 Å². The molecule has 2 aromatic carbocycles. The lowest BCUT2D eigenvalue weighted by Gasteiger charge is -2.15. The van der Waals surface area contributed by atoms with E-state index >= 15 is 0 Å². The predicted molar refractivity (Wildman–Crippen MR) is 116 cm³/mol. The molecule has 0 heterocycles. The van der Waals surface area contributed by atoms with E-state index in [1.807, 2.05) is 44.2 Å². The summed E-state index contributed by atoms with van der Waals surface area (Å²) in [6.07, 6.45) is 0.661. The van der Waals surface area contributed by atoms with Crippen LogP contribution in [0.15, 0.2) is 58.0 Å². The third kappa shape index (κ3) is 4.65. The number of benzene rings is 2. The number of rotatable bonds is 6. The summed E-state index contributed by atoms with van der Waals surface area (Å²) < 4.78 is 11.9. The Morgan fingerprint density at radius 1 is 1.21 bits per heavy atom. The predicted octanol–water partition coefficient (Wildman–Crippen LogP) is 6.20. The van der Waals surface area contributed by atoms with Crippen molar-refractivity contribution >= 4 is 37.8 Å². The number of esters is 1. The molecule has 3 rings (SSSR count). The molecule has 1 saturated carbocycles. The number of para-hydroxylation sites is 2. The quantitative estimate of drug-likeness (QED) is 0.459. The van der Waals surface area contributed by atoms with E-state index in [0.717, 1.165) is 3.39 Å².